The number of nitrogens with two attached hydrogens (primary N) is 1. The van der Waals surface area contributed by atoms with Gasteiger partial charge in [0.05, 0.1) is 4.90 Å². The first-order valence-corrected chi connectivity index (χ1v) is 6.91. The lowest BCUT2D eigenvalue weighted by atomic mass is 10.2. The fourth-order valence-corrected chi connectivity index (χ4v) is 3.26. The van der Waals surface area contributed by atoms with Crippen molar-refractivity contribution in [1.29, 1.82) is 0 Å². The summed E-state index contributed by atoms with van der Waals surface area (Å²) in [5, 5.41) is 0. The van der Waals surface area contributed by atoms with Crippen LogP contribution in [0.3, 0.4) is 0 Å². The Hall–Kier alpha value is -1.17. The van der Waals surface area contributed by atoms with Crippen molar-refractivity contribution in [3.8, 4) is 0 Å². The molecule has 0 radical (unpaired) electrons. The summed E-state index contributed by atoms with van der Waals surface area (Å²) in [6.07, 6.45) is 1.58. The lowest BCUT2D eigenvalue weighted by Crippen LogP contribution is -2.31. The van der Waals surface area contributed by atoms with Crippen LogP contribution in [0, 0.1) is 0 Å². The maximum absolute atomic E-state index is 12.4. The van der Waals surface area contributed by atoms with Gasteiger partial charge in [0.2, 0.25) is 10.0 Å². The minimum Gasteiger partial charge on any atom is -0.326 e. The molecule has 0 aliphatic rings. The largest absolute Gasteiger partial charge is 0.326 e. The standard InChI is InChI=1S/C12H18N2O2S/c1-3-9-14(4-2)17(15,16)12-8-6-5-7-11(12)10-13/h3,5-8H,1,4,9-10,13H2,2H3. The lowest BCUT2D eigenvalue weighted by Gasteiger charge is -2.20. The van der Waals surface area contributed by atoms with E-state index in [1.54, 1.807) is 37.3 Å². The summed E-state index contributed by atoms with van der Waals surface area (Å²) in [5.41, 5.74) is 6.19. The highest BCUT2D eigenvalue weighted by Gasteiger charge is 2.23. The van der Waals surface area contributed by atoms with E-state index in [1.165, 1.54) is 4.31 Å². The zero-order chi connectivity index (χ0) is 12.9. The van der Waals surface area contributed by atoms with E-state index in [9.17, 15) is 8.42 Å². The molecule has 0 aliphatic carbocycles. The summed E-state index contributed by atoms with van der Waals surface area (Å²) >= 11 is 0. The summed E-state index contributed by atoms with van der Waals surface area (Å²) in [6.45, 7) is 6.29. The molecule has 0 spiro atoms. The Kier molecular flexibility index (Phi) is 4.86. The smallest absolute Gasteiger partial charge is 0.243 e. The third-order valence-electron chi connectivity index (χ3n) is 2.50. The molecule has 0 saturated heterocycles. The van der Waals surface area contributed by atoms with Gasteiger partial charge in [0, 0.05) is 19.6 Å². The predicted octanol–water partition coefficient (Wildman–Crippen LogP) is 1.34. The summed E-state index contributed by atoms with van der Waals surface area (Å²) in [7, 11) is -3.47. The minimum atomic E-state index is -3.47. The molecule has 5 heteroatoms. The van der Waals surface area contributed by atoms with Crippen molar-refractivity contribution in [3.05, 3.63) is 42.5 Å². The van der Waals surface area contributed by atoms with Crippen molar-refractivity contribution in [2.45, 2.75) is 18.4 Å². The third kappa shape index (κ3) is 2.94. The van der Waals surface area contributed by atoms with Crippen LogP contribution in [0.4, 0.5) is 0 Å². The molecule has 0 aliphatic heterocycles. The highest BCUT2D eigenvalue weighted by atomic mass is 32.2. The second-order valence-corrected chi connectivity index (χ2v) is 5.46. The average molecular weight is 254 g/mol. The van der Waals surface area contributed by atoms with Crippen LogP contribution in [0.1, 0.15) is 12.5 Å². The third-order valence-corrected chi connectivity index (χ3v) is 4.54. The minimum absolute atomic E-state index is 0.209. The Morgan fingerprint density at radius 3 is 2.59 bits per heavy atom. The fraction of sp³-hybridized carbons (Fsp3) is 0.333. The second-order valence-electron chi connectivity index (χ2n) is 3.56. The number of hydrogen-bond donors (Lipinski definition) is 1. The highest BCUT2D eigenvalue weighted by Crippen LogP contribution is 2.19. The van der Waals surface area contributed by atoms with Crippen LogP contribution >= 0.6 is 0 Å². The van der Waals surface area contributed by atoms with Crippen molar-refractivity contribution in [2.75, 3.05) is 13.1 Å². The number of rotatable bonds is 6. The van der Waals surface area contributed by atoms with Crippen molar-refractivity contribution in [3.63, 3.8) is 0 Å². The van der Waals surface area contributed by atoms with E-state index in [0.717, 1.165) is 0 Å². The first-order chi connectivity index (χ1) is 8.07. The topological polar surface area (TPSA) is 63.4 Å². The predicted molar refractivity (Wildman–Crippen MR) is 69.0 cm³/mol. The van der Waals surface area contributed by atoms with Gasteiger partial charge in [0.15, 0.2) is 0 Å². The van der Waals surface area contributed by atoms with E-state index in [-0.39, 0.29) is 11.4 Å². The van der Waals surface area contributed by atoms with Gasteiger partial charge in [-0.05, 0) is 11.6 Å². The van der Waals surface area contributed by atoms with Crippen molar-refractivity contribution in [1.82, 2.24) is 4.31 Å². The van der Waals surface area contributed by atoms with E-state index >= 15 is 0 Å². The quantitative estimate of drug-likeness (QED) is 0.779. The lowest BCUT2D eigenvalue weighted by molar-refractivity contribution is 0.459. The van der Waals surface area contributed by atoms with Crippen molar-refractivity contribution < 1.29 is 8.42 Å². The van der Waals surface area contributed by atoms with Gasteiger partial charge >= 0.3 is 0 Å². The monoisotopic (exact) mass is 254 g/mol. The van der Waals surface area contributed by atoms with Crippen molar-refractivity contribution >= 4 is 10.0 Å². The molecule has 0 heterocycles. The van der Waals surface area contributed by atoms with Gasteiger partial charge in [0.25, 0.3) is 0 Å². The van der Waals surface area contributed by atoms with Gasteiger partial charge < -0.3 is 5.73 Å². The molecule has 0 aromatic heterocycles. The van der Waals surface area contributed by atoms with Gasteiger partial charge in [-0.15, -0.1) is 6.58 Å². The summed E-state index contributed by atoms with van der Waals surface area (Å²) in [5.74, 6) is 0. The molecule has 94 valence electrons. The first-order valence-electron chi connectivity index (χ1n) is 5.47. The van der Waals surface area contributed by atoms with Gasteiger partial charge in [-0.1, -0.05) is 31.2 Å². The van der Waals surface area contributed by atoms with Crippen LogP contribution < -0.4 is 5.73 Å². The first kappa shape index (κ1) is 13.9. The van der Waals surface area contributed by atoms with Gasteiger partial charge in [-0.25, -0.2) is 8.42 Å². The van der Waals surface area contributed by atoms with Crippen LogP contribution in [0.5, 0.6) is 0 Å². The second kappa shape index (κ2) is 5.95. The number of nitrogens with zero attached hydrogens (tertiary/aromatic N) is 1. The Morgan fingerprint density at radius 1 is 1.41 bits per heavy atom. The van der Waals surface area contributed by atoms with E-state index in [1.807, 2.05) is 0 Å². The molecule has 0 fully saturated rings. The summed E-state index contributed by atoms with van der Waals surface area (Å²) in [6, 6.07) is 6.80. The van der Waals surface area contributed by atoms with Crippen LogP contribution in [-0.2, 0) is 16.6 Å². The molecular formula is C12H18N2O2S. The van der Waals surface area contributed by atoms with E-state index < -0.39 is 10.0 Å². The summed E-state index contributed by atoms with van der Waals surface area (Å²) in [4.78, 5) is 0.284. The normalized spacial score (nSPS) is 11.7. The number of hydrogen-bond acceptors (Lipinski definition) is 3. The Balaban J connectivity index is 3.24. The highest BCUT2D eigenvalue weighted by molar-refractivity contribution is 7.89. The van der Waals surface area contributed by atoms with Crippen LogP contribution in [-0.4, -0.2) is 25.8 Å². The van der Waals surface area contributed by atoms with Gasteiger partial charge in [-0.2, -0.15) is 4.31 Å². The molecule has 17 heavy (non-hydrogen) atoms. The van der Waals surface area contributed by atoms with Crippen LogP contribution in [0.15, 0.2) is 41.8 Å². The Morgan fingerprint density at radius 2 is 2.06 bits per heavy atom. The molecular weight excluding hydrogens is 236 g/mol. The molecule has 0 atom stereocenters. The fourth-order valence-electron chi connectivity index (χ4n) is 1.60. The van der Waals surface area contributed by atoms with Crippen molar-refractivity contribution in [2.24, 2.45) is 5.73 Å². The van der Waals surface area contributed by atoms with Gasteiger partial charge in [-0.3, -0.25) is 0 Å². The molecule has 1 rings (SSSR count). The molecule has 1 aromatic carbocycles. The SMILES string of the molecule is C=CCN(CC)S(=O)(=O)c1ccccc1CN. The zero-order valence-electron chi connectivity index (χ0n) is 9.96. The maximum Gasteiger partial charge on any atom is 0.243 e. The van der Waals surface area contributed by atoms with E-state index in [4.69, 9.17) is 5.73 Å². The molecule has 2 N–H and O–H groups in total. The molecule has 4 nitrogen and oxygen atoms in total. The zero-order valence-corrected chi connectivity index (χ0v) is 10.8. The molecule has 0 bridgehead atoms. The number of likely N-dealkylation sites (N-methyl/N-ethyl adjacent to an activating group) is 1. The Labute approximate surface area is 103 Å². The summed E-state index contributed by atoms with van der Waals surface area (Å²) < 4.78 is 26.1. The number of benzene rings is 1. The van der Waals surface area contributed by atoms with Crippen LogP contribution in [0.25, 0.3) is 0 Å². The Bertz CT molecular complexity index is 483. The molecule has 1 aromatic rings. The van der Waals surface area contributed by atoms with Crippen LogP contribution in [0.2, 0.25) is 0 Å². The van der Waals surface area contributed by atoms with Gasteiger partial charge in [0.1, 0.15) is 0 Å². The average Bonchev–Trinajstić information content (AvgIpc) is 2.35. The number of sulfonamides is 1. The molecule has 0 saturated carbocycles. The molecule has 0 unspecified atom stereocenters. The maximum atomic E-state index is 12.4. The van der Waals surface area contributed by atoms with E-state index in [2.05, 4.69) is 6.58 Å². The van der Waals surface area contributed by atoms with E-state index in [0.29, 0.717) is 18.7 Å². The molecule has 0 amide bonds.